The Kier molecular flexibility index (Phi) is 4.85. The van der Waals surface area contributed by atoms with E-state index in [2.05, 4.69) is 18.9 Å². The maximum Gasteiger partial charge on any atom is 0.340 e. The number of rotatable bonds is 3. The Morgan fingerprint density at radius 3 is 2.61 bits per heavy atom. The molecule has 0 aliphatic carbocycles. The fourth-order valence-electron chi connectivity index (χ4n) is 2.13. The largest absolute Gasteiger partial charge is 0.462 e. The molecule has 1 rings (SSSR count). The Labute approximate surface area is 113 Å². The van der Waals surface area contributed by atoms with Crippen molar-refractivity contribution < 1.29 is 9.53 Å². The number of nitrogens with zero attached hydrogens (tertiary/aromatic N) is 2. The molecule has 98 valence electrons. The van der Waals surface area contributed by atoms with Crippen molar-refractivity contribution in [2.24, 2.45) is 0 Å². The molecule has 1 aliphatic rings. The number of thiol groups is 1. The molecule has 0 radical (unpaired) electrons. The van der Waals surface area contributed by atoms with Crippen LogP contribution in [-0.2, 0) is 9.53 Å². The molecule has 1 unspecified atom stereocenters. The zero-order chi connectivity index (χ0) is 13.9. The van der Waals surface area contributed by atoms with E-state index in [0.717, 1.165) is 5.70 Å². The molecule has 0 aromatic rings. The first-order valence-electron chi connectivity index (χ1n) is 5.99. The predicted octanol–water partition coefficient (Wildman–Crippen LogP) is 2.60. The van der Waals surface area contributed by atoms with Gasteiger partial charge in [0, 0.05) is 5.70 Å². The summed E-state index contributed by atoms with van der Waals surface area (Å²) < 4.78 is 6.74. The number of carbonyl (C=O) groups is 1. The van der Waals surface area contributed by atoms with Crippen molar-refractivity contribution in [3.05, 3.63) is 22.4 Å². The van der Waals surface area contributed by atoms with Gasteiger partial charge in [-0.2, -0.15) is 5.26 Å². The van der Waals surface area contributed by atoms with Gasteiger partial charge in [-0.1, -0.05) is 19.7 Å². The molecule has 1 atom stereocenters. The minimum atomic E-state index is -0.384. The van der Waals surface area contributed by atoms with E-state index in [0.29, 0.717) is 29.7 Å². The molecular formula is C13H18N2O2S. The lowest BCUT2D eigenvalue weighted by Crippen LogP contribution is -2.33. The average molecular weight is 266 g/mol. The SMILES string of the molecule is CCOC(=O)C1=C(CC)N(S)C(C)C(C#N)=C1C. The number of carbonyl (C=O) groups excluding carboxylic acids is 1. The Hall–Kier alpha value is -1.41. The van der Waals surface area contributed by atoms with Crippen LogP contribution in [0.15, 0.2) is 22.4 Å². The van der Waals surface area contributed by atoms with Gasteiger partial charge in [0.05, 0.1) is 29.9 Å². The van der Waals surface area contributed by atoms with Crippen LogP contribution in [0.2, 0.25) is 0 Å². The van der Waals surface area contributed by atoms with E-state index in [9.17, 15) is 10.1 Å². The van der Waals surface area contributed by atoms with E-state index in [1.807, 2.05) is 13.8 Å². The smallest absolute Gasteiger partial charge is 0.340 e. The number of allylic oxidation sites excluding steroid dienone is 1. The summed E-state index contributed by atoms with van der Waals surface area (Å²) in [4.78, 5) is 12.0. The fourth-order valence-corrected chi connectivity index (χ4v) is 2.48. The highest BCUT2D eigenvalue weighted by atomic mass is 32.1. The minimum Gasteiger partial charge on any atom is -0.462 e. The molecule has 0 saturated heterocycles. The number of hydrogen-bond donors (Lipinski definition) is 1. The van der Waals surface area contributed by atoms with E-state index >= 15 is 0 Å². The molecule has 1 heterocycles. The Morgan fingerprint density at radius 1 is 1.56 bits per heavy atom. The summed E-state index contributed by atoms with van der Waals surface area (Å²) in [5.41, 5.74) is 2.54. The van der Waals surface area contributed by atoms with Gasteiger partial charge in [-0.15, -0.1) is 0 Å². The minimum absolute atomic E-state index is 0.133. The molecule has 1 aliphatic heterocycles. The van der Waals surface area contributed by atoms with Gasteiger partial charge in [0.15, 0.2) is 0 Å². The lowest BCUT2D eigenvalue weighted by molar-refractivity contribution is -0.138. The molecule has 18 heavy (non-hydrogen) atoms. The first-order valence-corrected chi connectivity index (χ1v) is 6.39. The summed E-state index contributed by atoms with van der Waals surface area (Å²) in [6.45, 7) is 7.72. The van der Waals surface area contributed by atoms with Crippen molar-refractivity contribution in [3.8, 4) is 6.07 Å². The summed E-state index contributed by atoms with van der Waals surface area (Å²) in [6, 6.07) is 2.02. The summed E-state index contributed by atoms with van der Waals surface area (Å²) in [5, 5.41) is 9.19. The van der Waals surface area contributed by atoms with Gasteiger partial charge in [0.25, 0.3) is 0 Å². The van der Waals surface area contributed by atoms with Gasteiger partial charge in [0.2, 0.25) is 0 Å². The summed E-state index contributed by atoms with van der Waals surface area (Å²) in [5.74, 6) is -0.384. The molecular weight excluding hydrogens is 248 g/mol. The highest BCUT2D eigenvalue weighted by Crippen LogP contribution is 2.35. The second-order valence-electron chi connectivity index (χ2n) is 4.07. The Balaban J connectivity index is 3.39. The Morgan fingerprint density at radius 2 is 2.17 bits per heavy atom. The van der Waals surface area contributed by atoms with Crippen LogP contribution in [0.1, 0.15) is 34.1 Å². The highest BCUT2D eigenvalue weighted by Gasteiger charge is 2.32. The number of hydrogen-bond acceptors (Lipinski definition) is 5. The third kappa shape index (κ3) is 2.39. The molecule has 0 amide bonds. The maximum atomic E-state index is 12.0. The molecule has 0 aromatic carbocycles. The van der Waals surface area contributed by atoms with Crippen molar-refractivity contribution >= 4 is 18.8 Å². The van der Waals surface area contributed by atoms with Crippen LogP contribution >= 0.6 is 12.8 Å². The van der Waals surface area contributed by atoms with Crippen LogP contribution in [0.5, 0.6) is 0 Å². The molecule has 4 nitrogen and oxygen atoms in total. The standard InChI is InChI=1S/C13H18N2O2S/c1-5-11-12(13(16)17-6-2)8(3)10(7-14)9(4)15(11)18/h9,18H,5-6H2,1-4H3. The van der Waals surface area contributed by atoms with Gasteiger partial charge in [-0.3, -0.25) is 0 Å². The molecule has 0 N–H and O–H groups in total. The third-order valence-corrected chi connectivity index (χ3v) is 3.65. The van der Waals surface area contributed by atoms with E-state index in [-0.39, 0.29) is 12.0 Å². The summed E-state index contributed by atoms with van der Waals surface area (Å²) in [7, 11) is 0. The van der Waals surface area contributed by atoms with Crippen LogP contribution < -0.4 is 0 Å². The topological polar surface area (TPSA) is 53.3 Å². The highest BCUT2D eigenvalue weighted by molar-refractivity contribution is 7.77. The van der Waals surface area contributed by atoms with Gasteiger partial charge in [-0.25, -0.2) is 4.79 Å². The van der Waals surface area contributed by atoms with Gasteiger partial charge >= 0.3 is 5.97 Å². The van der Waals surface area contributed by atoms with Crippen molar-refractivity contribution in [3.63, 3.8) is 0 Å². The molecule has 0 aromatic heterocycles. The number of esters is 1. The van der Waals surface area contributed by atoms with Crippen LogP contribution in [0.3, 0.4) is 0 Å². The molecule has 0 bridgehead atoms. The van der Waals surface area contributed by atoms with Crippen LogP contribution in [0.4, 0.5) is 0 Å². The quantitative estimate of drug-likeness (QED) is 0.630. The van der Waals surface area contributed by atoms with Crippen LogP contribution in [0.25, 0.3) is 0 Å². The normalized spacial score (nSPS) is 20.0. The van der Waals surface area contributed by atoms with Crippen molar-refractivity contribution in [1.29, 1.82) is 5.26 Å². The van der Waals surface area contributed by atoms with E-state index < -0.39 is 0 Å². The molecule has 0 fully saturated rings. The summed E-state index contributed by atoms with van der Waals surface area (Å²) in [6.07, 6.45) is 0.665. The first kappa shape index (κ1) is 14.7. The van der Waals surface area contributed by atoms with Crippen molar-refractivity contribution in [2.45, 2.75) is 40.2 Å². The molecule has 0 saturated carbocycles. The van der Waals surface area contributed by atoms with Crippen molar-refractivity contribution in [2.75, 3.05) is 6.61 Å². The zero-order valence-electron chi connectivity index (χ0n) is 11.1. The lowest BCUT2D eigenvalue weighted by Gasteiger charge is -2.34. The second-order valence-corrected chi connectivity index (χ2v) is 4.50. The van der Waals surface area contributed by atoms with E-state index in [1.165, 1.54) is 0 Å². The predicted molar refractivity (Wildman–Crippen MR) is 72.6 cm³/mol. The first-order chi connectivity index (χ1) is 8.49. The second kappa shape index (κ2) is 5.96. The van der Waals surface area contributed by atoms with E-state index in [4.69, 9.17) is 4.74 Å². The van der Waals surface area contributed by atoms with Crippen molar-refractivity contribution in [1.82, 2.24) is 4.31 Å². The lowest BCUT2D eigenvalue weighted by atomic mass is 9.91. The maximum absolute atomic E-state index is 12.0. The summed E-state index contributed by atoms with van der Waals surface area (Å²) >= 11 is 4.39. The van der Waals surface area contributed by atoms with Gasteiger partial charge < -0.3 is 9.04 Å². The average Bonchev–Trinajstić information content (AvgIpc) is 2.34. The molecule has 5 heteroatoms. The zero-order valence-corrected chi connectivity index (χ0v) is 12.0. The molecule has 0 spiro atoms. The number of ether oxygens (including phenoxy) is 1. The monoisotopic (exact) mass is 266 g/mol. The Bertz CT molecular complexity index is 460. The number of nitriles is 1. The van der Waals surface area contributed by atoms with Gasteiger partial charge in [-0.05, 0) is 32.8 Å². The van der Waals surface area contributed by atoms with Crippen LogP contribution in [0, 0.1) is 11.3 Å². The van der Waals surface area contributed by atoms with Gasteiger partial charge in [0.1, 0.15) is 0 Å². The van der Waals surface area contributed by atoms with E-state index in [1.54, 1.807) is 18.2 Å². The van der Waals surface area contributed by atoms with Crippen LogP contribution in [-0.4, -0.2) is 22.9 Å². The third-order valence-electron chi connectivity index (χ3n) is 3.06. The fraction of sp³-hybridized carbons (Fsp3) is 0.538.